The van der Waals surface area contributed by atoms with Crippen LogP contribution < -0.4 is 11.1 Å². The van der Waals surface area contributed by atoms with Crippen molar-refractivity contribution in [1.29, 1.82) is 0 Å². The van der Waals surface area contributed by atoms with E-state index in [1.54, 1.807) is 0 Å². The Morgan fingerprint density at radius 1 is 0.880 bits per heavy atom. The van der Waals surface area contributed by atoms with Crippen molar-refractivity contribution in [3.63, 3.8) is 0 Å². The second-order valence-electron chi connectivity index (χ2n) is 9.43. The van der Waals surface area contributed by atoms with Crippen LogP contribution in [-0.2, 0) is 0 Å². The summed E-state index contributed by atoms with van der Waals surface area (Å²) in [7, 11) is 0. The van der Waals surface area contributed by atoms with Gasteiger partial charge in [-0.05, 0) is 64.0 Å². The van der Waals surface area contributed by atoms with Crippen molar-refractivity contribution in [1.82, 2.24) is 20.0 Å². The van der Waals surface area contributed by atoms with Crippen LogP contribution in [0.1, 0.15) is 51.4 Å². The van der Waals surface area contributed by atoms with E-state index in [0.717, 1.165) is 18.0 Å². The van der Waals surface area contributed by atoms with E-state index in [4.69, 9.17) is 5.73 Å². The summed E-state index contributed by atoms with van der Waals surface area (Å²) in [4.78, 5) is 8.38. The molecule has 1 aliphatic carbocycles. The molecular weight excluding hydrogens is 310 g/mol. The van der Waals surface area contributed by atoms with Gasteiger partial charge in [-0.3, -0.25) is 15.1 Å². The van der Waals surface area contributed by atoms with Crippen LogP contribution in [0.4, 0.5) is 0 Å². The Kier molecular flexibility index (Phi) is 4.80. The van der Waals surface area contributed by atoms with Crippen LogP contribution in [0, 0.1) is 5.92 Å². The molecule has 5 nitrogen and oxygen atoms in total. The molecule has 4 aliphatic heterocycles. The Morgan fingerprint density at radius 2 is 1.80 bits per heavy atom. The highest BCUT2D eigenvalue weighted by Crippen LogP contribution is 2.34. The predicted octanol–water partition coefficient (Wildman–Crippen LogP) is 1.05. The van der Waals surface area contributed by atoms with Gasteiger partial charge in [-0.25, -0.2) is 0 Å². The van der Waals surface area contributed by atoms with Gasteiger partial charge in [0.1, 0.15) is 0 Å². The number of rotatable bonds is 2. The lowest BCUT2D eigenvalue weighted by Crippen LogP contribution is -2.58. The van der Waals surface area contributed by atoms with E-state index in [9.17, 15) is 0 Å². The molecule has 1 saturated carbocycles. The molecule has 5 rings (SSSR count). The summed E-state index contributed by atoms with van der Waals surface area (Å²) < 4.78 is 0. The molecule has 0 aromatic rings. The number of nitrogens with one attached hydrogen (secondary N) is 1. The van der Waals surface area contributed by atoms with E-state index >= 15 is 0 Å². The normalized spacial score (nSPS) is 46.4. The van der Waals surface area contributed by atoms with Crippen LogP contribution in [0.25, 0.3) is 0 Å². The van der Waals surface area contributed by atoms with Crippen LogP contribution >= 0.6 is 0 Å². The summed E-state index contributed by atoms with van der Waals surface area (Å²) >= 11 is 0. The van der Waals surface area contributed by atoms with Gasteiger partial charge in [0, 0.05) is 50.3 Å². The van der Waals surface area contributed by atoms with Gasteiger partial charge in [-0.1, -0.05) is 6.42 Å². The third-order valence-corrected chi connectivity index (χ3v) is 7.91. The fraction of sp³-hybridized carbons (Fsp3) is 1.00. The smallest absolute Gasteiger partial charge is 0.0734 e. The number of piperazine rings is 1. The van der Waals surface area contributed by atoms with Gasteiger partial charge in [0.05, 0.1) is 6.17 Å². The fourth-order valence-corrected chi connectivity index (χ4v) is 6.70. The van der Waals surface area contributed by atoms with Crippen LogP contribution in [0.15, 0.2) is 0 Å². The van der Waals surface area contributed by atoms with Crippen LogP contribution in [0.3, 0.4) is 0 Å². The third-order valence-electron chi connectivity index (χ3n) is 7.91. The minimum absolute atomic E-state index is 0.422. The Labute approximate surface area is 153 Å². The zero-order chi connectivity index (χ0) is 16.8. The first kappa shape index (κ1) is 16.9. The first-order chi connectivity index (χ1) is 12.3. The van der Waals surface area contributed by atoms with Gasteiger partial charge in [-0.15, -0.1) is 0 Å². The average Bonchev–Trinajstić information content (AvgIpc) is 2.98. The first-order valence-electron chi connectivity index (χ1n) is 11.0. The van der Waals surface area contributed by atoms with Gasteiger partial charge in [0.25, 0.3) is 0 Å². The lowest BCUT2D eigenvalue weighted by molar-refractivity contribution is 0.0135. The van der Waals surface area contributed by atoms with Gasteiger partial charge < -0.3 is 10.6 Å². The quantitative estimate of drug-likeness (QED) is 0.782. The molecule has 0 amide bonds. The van der Waals surface area contributed by atoms with Crippen molar-refractivity contribution in [3.05, 3.63) is 0 Å². The number of piperidine rings is 2. The molecule has 5 fully saturated rings. The third kappa shape index (κ3) is 3.27. The zero-order valence-electron chi connectivity index (χ0n) is 15.8. The number of hydrogen-bond donors (Lipinski definition) is 2. The minimum Gasteiger partial charge on any atom is -0.328 e. The van der Waals surface area contributed by atoms with Gasteiger partial charge in [0.15, 0.2) is 0 Å². The lowest BCUT2D eigenvalue weighted by atomic mass is 9.83. The van der Waals surface area contributed by atoms with E-state index in [1.807, 2.05) is 0 Å². The second kappa shape index (κ2) is 7.08. The van der Waals surface area contributed by atoms with Crippen molar-refractivity contribution in [2.45, 2.75) is 81.7 Å². The lowest BCUT2D eigenvalue weighted by Gasteiger charge is -2.47. The molecule has 5 aliphatic rings. The van der Waals surface area contributed by atoms with Gasteiger partial charge >= 0.3 is 0 Å². The molecule has 142 valence electrons. The van der Waals surface area contributed by atoms with E-state index in [-0.39, 0.29) is 0 Å². The second-order valence-corrected chi connectivity index (χ2v) is 9.43. The van der Waals surface area contributed by atoms with Crippen molar-refractivity contribution >= 4 is 0 Å². The highest BCUT2D eigenvalue weighted by molar-refractivity contribution is 5.03. The van der Waals surface area contributed by atoms with Crippen molar-refractivity contribution in [3.8, 4) is 0 Å². The number of nitrogens with zero attached hydrogens (tertiary/aromatic N) is 3. The molecule has 0 aromatic carbocycles. The number of hydrogen-bond acceptors (Lipinski definition) is 5. The summed E-state index contributed by atoms with van der Waals surface area (Å²) in [6, 6.07) is 2.72. The largest absolute Gasteiger partial charge is 0.328 e. The fourth-order valence-electron chi connectivity index (χ4n) is 6.70. The van der Waals surface area contributed by atoms with E-state index < -0.39 is 0 Å². The summed E-state index contributed by atoms with van der Waals surface area (Å²) in [5.41, 5.74) is 6.22. The summed E-state index contributed by atoms with van der Waals surface area (Å²) in [6.07, 6.45) is 11.5. The van der Waals surface area contributed by atoms with E-state index in [2.05, 4.69) is 20.0 Å². The Hall–Kier alpha value is -0.200. The molecule has 6 unspecified atom stereocenters. The predicted molar refractivity (Wildman–Crippen MR) is 101 cm³/mol. The monoisotopic (exact) mass is 347 g/mol. The molecule has 3 N–H and O–H groups in total. The highest BCUT2D eigenvalue weighted by atomic mass is 15.4. The van der Waals surface area contributed by atoms with Crippen molar-refractivity contribution in [2.75, 3.05) is 39.3 Å². The Morgan fingerprint density at radius 3 is 2.76 bits per heavy atom. The standard InChI is InChI=1S/C20H37N5/c21-16-6-7-19-17(12-16)22-20-14-23(10-11-25(19)20)13-15-4-3-9-24-8-2-1-5-18(15)24/h15-20,22H,1-14,21H2. The summed E-state index contributed by atoms with van der Waals surface area (Å²) in [5, 5.41) is 3.94. The maximum Gasteiger partial charge on any atom is 0.0734 e. The van der Waals surface area contributed by atoms with Gasteiger partial charge in [0.2, 0.25) is 0 Å². The zero-order valence-corrected chi connectivity index (χ0v) is 15.8. The van der Waals surface area contributed by atoms with Crippen LogP contribution in [-0.4, -0.2) is 84.3 Å². The molecule has 0 spiro atoms. The van der Waals surface area contributed by atoms with E-state index in [0.29, 0.717) is 18.2 Å². The summed E-state index contributed by atoms with van der Waals surface area (Å²) in [5.74, 6) is 0.915. The first-order valence-corrected chi connectivity index (χ1v) is 11.0. The molecule has 0 aromatic heterocycles. The number of fused-ring (bicyclic) bond motifs is 4. The maximum absolute atomic E-state index is 6.22. The molecule has 5 heteroatoms. The van der Waals surface area contributed by atoms with Crippen LogP contribution in [0.5, 0.6) is 0 Å². The average molecular weight is 348 g/mol. The molecular formula is C20H37N5. The molecule has 0 bridgehead atoms. The minimum atomic E-state index is 0.422. The maximum atomic E-state index is 6.22. The topological polar surface area (TPSA) is 47.8 Å². The summed E-state index contributed by atoms with van der Waals surface area (Å²) in [6.45, 7) is 7.82. The number of nitrogens with two attached hydrogens (primary N) is 1. The SMILES string of the molecule is NC1CCC2C(C1)NC1CN(CC3CCCN4CCCCC34)CCN12. The van der Waals surface area contributed by atoms with Gasteiger partial charge in [-0.2, -0.15) is 0 Å². The molecule has 6 atom stereocenters. The molecule has 4 heterocycles. The Balaban J connectivity index is 1.20. The Bertz CT molecular complexity index is 469. The molecule has 25 heavy (non-hydrogen) atoms. The highest BCUT2D eigenvalue weighted by Gasteiger charge is 2.45. The van der Waals surface area contributed by atoms with Crippen molar-refractivity contribution < 1.29 is 0 Å². The molecule has 4 saturated heterocycles. The van der Waals surface area contributed by atoms with E-state index in [1.165, 1.54) is 90.6 Å². The molecule has 0 radical (unpaired) electrons. The van der Waals surface area contributed by atoms with Crippen molar-refractivity contribution in [2.24, 2.45) is 11.7 Å². The van der Waals surface area contributed by atoms with Crippen LogP contribution in [0.2, 0.25) is 0 Å².